The smallest absolute Gasteiger partial charge is 0.281 e. The van der Waals surface area contributed by atoms with Gasteiger partial charge in [-0.1, -0.05) is 13.8 Å². The predicted octanol–water partition coefficient (Wildman–Crippen LogP) is 1.09. The summed E-state index contributed by atoms with van der Waals surface area (Å²) in [7, 11) is -3.31. The first-order valence-electron chi connectivity index (χ1n) is 6.75. The molecule has 0 aromatic carbocycles. The van der Waals surface area contributed by atoms with Crippen LogP contribution in [0.3, 0.4) is 0 Å². The number of aromatic nitrogens is 2. The maximum atomic E-state index is 12.4. The highest BCUT2D eigenvalue weighted by Crippen LogP contribution is 2.30. The lowest BCUT2D eigenvalue weighted by Gasteiger charge is -2.25. The van der Waals surface area contributed by atoms with Crippen molar-refractivity contribution in [2.75, 3.05) is 26.2 Å². The lowest BCUT2D eigenvalue weighted by molar-refractivity contribution is 0.377. The summed E-state index contributed by atoms with van der Waals surface area (Å²) in [5.41, 5.74) is 2.17. The number of aromatic amines is 1. The fourth-order valence-electron chi connectivity index (χ4n) is 2.66. The van der Waals surface area contributed by atoms with Crippen LogP contribution in [0.25, 0.3) is 0 Å². The van der Waals surface area contributed by atoms with Gasteiger partial charge in [-0.2, -0.15) is 22.1 Å². The van der Waals surface area contributed by atoms with Gasteiger partial charge in [0.05, 0.1) is 6.20 Å². The molecule has 1 aliphatic rings. The molecule has 6 nitrogen and oxygen atoms in total. The summed E-state index contributed by atoms with van der Waals surface area (Å²) >= 11 is 0. The summed E-state index contributed by atoms with van der Waals surface area (Å²) in [5, 5.41) is 7.01. The third-order valence-electron chi connectivity index (χ3n) is 3.79. The van der Waals surface area contributed by atoms with E-state index in [2.05, 4.69) is 10.2 Å². The van der Waals surface area contributed by atoms with Crippen molar-refractivity contribution in [2.24, 2.45) is 0 Å². The molecule has 1 saturated heterocycles. The molecule has 1 aliphatic heterocycles. The van der Waals surface area contributed by atoms with E-state index < -0.39 is 10.2 Å². The fraction of sp³-hybridized carbons (Fsp3) is 0.750. The fourth-order valence-corrected chi connectivity index (χ4v) is 4.34. The molecule has 0 spiro atoms. The molecule has 0 saturated carbocycles. The van der Waals surface area contributed by atoms with Crippen LogP contribution in [-0.4, -0.2) is 53.4 Å². The first-order chi connectivity index (χ1) is 9.00. The Bertz CT molecular complexity index is 522. The average molecular weight is 286 g/mol. The first kappa shape index (κ1) is 14.5. The van der Waals surface area contributed by atoms with Gasteiger partial charge in [-0.25, -0.2) is 0 Å². The van der Waals surface area contributed by atoms with E-state index in [-0.39, 0.29) is 5.92 Å². The van der Waals surface area contributed by atoms with Gasteiger partial charge in [0.1, 0.15) is 0 Å². The molecule has 7 heteroatoms. The van der Waals surface area contributed by atoms with Crippen molar-refractivity contribution in [1.29, 1.82) is 0 Å². The Balaban J connectivity index is 2.12. The molecule has 1 atom stereocenters. The maximum absolute atomic E-state index is 12.4. The summed E-state index contributed by atoms with van der Waals surface area (Å²) in [6, 6.07) is 0. The van der Waals surface area contributed by atoms with E-state index in [0.717, 1.165) is 17.7 Å². The molecule has 0 radical (unpaired) electrons. The van der Waals surface area contributed by atoms with E-state index in [1.807, 2.05) is 20.8 Å². The second-order valence-corrected chi connectivity index (χ2v) is 6.83. The molecule has 1 N–H and O–H groups in total. The Labute approximate surface area is 115 Å². The molecular formula is C12H22N4O2S. The van der Waals surface area contributed by atoms with Gasteiger partial charge in [0.15, 0.2) is 0 Å². The average Bonchev–Trinajstić information content (AvgIpc) is 2.98. The van der Waals surface area contributed by atoms with Gasteiger partial charge in [0.25, 0.3) is 10.2 Å². The highest BCUT2D eigenvalue weighted by atomic mass is 32.2. The number of aryl methyl sites for hydroxylation is 1. The summed E-state index contributed by atoms with van der Waals surface area (Å²) in [4.78, 5) is 0. The molecule has 1 fully saturated rings. The van der Waals surface area contributed by atoms with E-state index >= 15 is 0 Å². The Morgan fingerprint density at radius 3 is 2.68 bits per heavy atom. The second-order valence-electron chi connectivity index (χ2n) is 4.90. The monoisotopic (exact) mass is 286 g/mol. The number of nitrogens with zero attached hydrogens (tertiary/aromatic N) is 3. The molecule has 1 unspecified atom stereocenters. The topological polar surface area (TPSA) is 69.3 Å². The van der Waals surface area contributed by atoms with E-state index in [1.54, 1.807) is 10.5 Å². The van der Waals surface area contributed by atoms with E-state index in [0.29, 0.717) is 26.2 Å². The van der Waals surface area contributed by atoms with Gasteiger partial charge >= 0.3 is 0 Å². The highest BCUT2D eigenvalue weighted by molar-refractivity contribution is 7.86. The van der Waals surface area contributed by atoms with Crippen LogP contribution in [0.1, 0.15) is 37.4 Å². The number of nitrogens with one attached hydrogen (secondary N) is 1. The second kappa shape index (κ2) is 5.60. The Morgan fingerprint density at radius 1 is 1.47 bits per heavy atom. The summed E-state index contributed by atoms with van der Waals surface area (Å²) in [5.74, 6) is 0.229. The van der Waals surface area contributed by atoms with Crippen LogP contribution in [-0.2, 0) is 10.2 Å². The van der Waals surface area contributed by atoms with Crippen molar-refractivity contribution in [1.82, 2.24) is 18.8 Å². The largest absolute Gasteiger partial charge is 0.282 e. The molecule has 2 heterocycles. The number of H-pyrrole nitrogens is 1. The van der Waals surface area contributed by atoms with Gasteiger partial charge in [0.2, 0.25) is 0 Å². The van der Waals surface area contributed by atoms with Crippen molar-refractivity contribution in [3.05, 3.63) is 17.5 Å². The Kier molecular flexibility index (Phi) is 4.27. The lowest BCUT2D eigenvalue weighted by Crippen LogP contribution is -2.42. The number of hydrogen-bond donors (Lipinski definition) is 1. The quantitative estimate of drug-likeness (QED) is 0.881. The molecule has 0 amide bonds. The third kappa shape index (κ3) is 2.68. The van der Waals surface area contributed by atoms with Crippen LogP contribution >= 0.6 is 0 Å². The SMILES string of the molecule is CCN(CC)S(=O)(=O)N1CCC(c2[nH]ncc2C)C1. The Hall–Kier alpha value is -0.920. The first-order valence-corrected chi connectivity index (χ1v) is 8.15. The van der Waals surface area contributed by atoms with Crippen molar-refractivity contribution in [3.63, 3.8) is 0 Å². The van der Waals surface area contributed by atoms with Crippen LogP contribution < -0.4 is 0 Å². The number of hydrogen-bond acceptors (Lipinski definition) is 3. The molecule has 0 aliphatic carbocycles. The van der Waals surface area contributed by atoms with Crippen LogP contribution in [0.5, 0.6) is 0 Å². The van der Waals surface area contributed by atoms with Gasteiger partial charge in [-0.05, 0) is 18.9 Å². The van der Waals surface area contributed by atoms with E-state index in [4.69, 9.17) is 0 Å². The molecule has 19 heavy (non-hydrogen) atoms. The zero-order valence-electron chi connectivity index (χ0n) is 11.8. The zero-order valence-corrected chi connectivity index (χ0v) is 12.6. The van der Waals surface area contributed by atoms with Gasteiger partial charge in [0, 0.05) is 37.8 Å². The summed E-state index contributed by atoms with van der Waals surface area (Å²) < 4.78 is 27.9. The van der Waals surface area contributed by atoms with Crippen LogP contribution in [0.2, 0.25) is 0 Å². The standard InChI is InChI=1S/C12H22N4O2S/c1-4-15(5-2)19(17,18)16-7-6-11(9-16)12-10(3)8-13-14-12/h8,11H,4-7,9H2,1-3H3,(H,13,14). The summed E-state index contributed by atoms with van der Waals surface area (Å²) in [6.07, 6.45) is 2.64. The van der Waals surface area contributed by atoms with Crippen LogP contribution in [0.15, 0.2) is 6.20 Å². The van der Waals surface area contributed by atoms with E-state index in [1.165, 1.54) is 4.31 Å². The van der Waals surface area contributed by atoms with Crippen molar-refractivity contribution in [2.45, 2.75) is 33.1 Å². The minimum atomic E-state index is -3.31. The third-order valence-corrected chi connectivity index (χ3v) is 5.94. The molecular weight excluding hydrogens is 264 g/mol. The highest BCUT2D eigenvalue weighted by Gasteiger charge is 2.35. The summed E-state index contributed by atoms with van der Waals surface area (Å²) in [6.45, 7) is 7.90. The van der Waals surface area contributed by atoms with Crippen molar-refractivity contribution < 1.29 is 8.42 Å². The van der Waals surface area contributed by atoms with Crippen molar-refractivity contribution in [3.8, 4) is 0 Å². The van der Waals surface area contributed by atoms with Crippen molar-refractivity contribution >= 4 is 10.2 Å². The van der Waals surface area contributed by atoms with E-state index in [9.17, 15) is 8.42 Å². The molecule has 2 rings (SSSR count). The Morgan fingerprint density at radius 2 is 2.16 bits per heavy atom. The molecule has 0 bridgehead atoms. The van der Waals surface area contributed by atoms with Gasteiger partial charge in [-0.15, -0.1) is 0 Å². The maximum Gasteiger partial charge on any atom is 0.281 e. The molecule has 1 aromatic heterocycles. The van der Waals surface area contributed by atoms with Gasteiger partial charge < -0.3 is 0 Å². The molecule has 1 aromatic rings. The van der Waals surface area contributed by atoms with Crippen LogP contribution in [0.4, 0.5) is 0 Å². The lowest BCUT2D eigenvalue weighted by atomic mass is 10.0. The van der Waals surface area contributed by atoms with Crippen LogP contribution in [0, 0.1) is 6.92 Å². The predicted molar refractivity (Wildman–Crippen MR) is 74.1 cm³/mol. The molecule has 108 valence electrons. The zero-order chi connectivity index (χ0) is 14.0. The minimum Gasteiger partial charge on any atom is -0.282 e. The minimum absolute atomic E-state index is 0.229. The normalized spacial score (nSPS) is 21.4. The van der Waals surface area contributed by atoms with Gasteiger partial charge in [-0.3, -0.25) is 5.10 Å². The number of rotatable bonds is 5.